The number of piperidine rings is 1. The van der Waals surface area contributed by atoms with E-state index in [1.165, 1.54) is 37.8 Å². The Balaban J connectivity index is 1.64. The van der Waals surface area contributed by atoms with Gasteiger partial charge >= 0.3 is 0 Å². The van der Waals surface area contributed by atoms with E-state index < -0.39 is 0 Å². The summed E-state index contributed by atoms with van der Waals surface area (Å²) in [6, 6.07) is 19.5. The second-order valence-corrected chi connectivity index (χ2v) is 7.09. The molecule has 1 heterocycles. The summed E-state index contributed by atoms with van der Waals surface area (Å²) in [4.78, 5) is 2.43. The van der Waals surface area contributed by atoms with Crippen molar-refractivity contribution in [2.24, 2.45) is 0 Å². The standard InChI is InChI=1S/C22H30N2O/c1-3-8-22(23-19-9-7-16-24(2)17-19)18-12-14-21(15-13-18)25-20-10-5-4-6-11-20/h4-6,10-15,19,22-23H,3,7-9,16-17H2,1-2H3. The highest BCUT2D eigenvalue weighted by molar-refractivity contribution is 5.34. The van der Waals surface area contributed by atoms with Crippen LogP contribution in [0.25, 0.3) is 0 Å². The van der Waals surface area contributed by atoms with Gasteiger partial charge in [-0.25, -0.2) is 0 Å². The van der Waals surface area contributed by atoms with Gasteiger partial charge in [-0.2, -0.15) is 0 Å². The van der Waals surface area contributed by atoms with E-state index in [2.05, 4.69) is 48.5 Å². The van der Waals surface area contributed by atoms with Crippen LogP contribution in [0.2, 0.25) is 0 Å². The van der Waals surface area contributed by atoms with E-state index in [1.807, 2.05) is 30.3 Å². The highest BCUT2D eigenvalue weighted by atomic mass is 16.5. The number of likely N-dealkylation sites (tertiary alicyclic amines) is 1. The van der Waals surface area contributed by atoms with Crippen LogP contribution in [0.1, 0.15) is 44.2 Å². The molecular formula is C22H30N2O. The summed E-state index contributed by atoms with van der Waals surface area (Å²) in [6.07, 6.45) is 4.91. The van der Waals surface area contributed by atoms with E-state index >= 15 is 0 Å². The molecule has 0 aliphatic carbocycles. The molecule has 1 aliphatic heterocycles. The summed E-state index contributed by atoms with van der Waals surface area (Å²) >= 11 is 0. The maximum absolute atomic E-state index is 5.91. The van der Waals surface area contributed by atoms with E-state index in [9.17, 15) is 0 Å². The summed E-state index contributed by atoms with van der Waals surface area (Å²) in [6.45, 7) is 4.63. The van der Waals surface area contributed by atoms with Crippen LogP contribution in [0.15, 0.2) is 54.6 Å². The van der Waals surface area contributed by atoms with Crippen LogP contribution in [0.3, 0.4) is 0 Å². The second-order valence-electron chi connectivity index (χ2n) is 7.09. The molecule has 3 heteroatoms. The third kappa shape index (κ3) is 5.32. The van der Waals surface area contributed by atoms with Crippen LogP contribution < -0.4 is 10.1 Å². The first-order valence-electron chi connectivity index (χ1n) is 9.52. The fourth-order valence-electron chi connectivity index (χ4n) is 3.61. The summed E-state index contributed by atoms with van der Waals surface area (Å²) in [7, 11) is 2.22. The highest BCUT2D eigenvalue weighted by Crippen LogP contribution is 2.26. The largest absolute Gasteiger partial charge is 0.457 e. The van der Waals surface area contributed by atoms with E-state index in [0.717, 1.165) is 18.0 Å². The van der Waals surface area contributed by atoms with Gasteiger partial charge < -0.3 is 15.0 Å². The average molecular weight is 338 g/mol. The number of likely N-dealkylation sites (N-methyl/N-ethyl adjacent to an activating group) is 1. The molecule has 0 bridgehead atoms. The molecule has 2 aromatic carbocycles. The number of nitrogens with zero attached hydrogens (tertiary/aromatic N) is 1. The van der Waals surface area contributed by atoms with Gasteiger partial charge in [0.2, 0.25) is 0 Å². The van der Waals surface area contributed by atoms with Crippen molar-refractivity contribution in [1.82, 2.24) is 10.2 Å². The number of ether oxygens (including phenoxy) is 1. The van der Waals surface area contributed by atoms with Crippen molar-refractivity contribution in [2.75, 3.05) is 20.1 Å². The van der Waals surface area contributed by atoms with Crippen LogP contribution >= 0.6 is 0 Å². The predicted molar refractivity (Wildman–Crippen MR) is 104 cm³/mol. The fourth-order valence-corrected chi connectivity index (χ4v) is 3.61. The topological polar surface area (TPSA) is 24.5 Å². The lowest BCUT2D eigenvalue weighted by atomic mass is 9.98. The van der Waals surface area contributed by atoms with Crippen molar-refractivity contribution in [2.45, 2.75) is 44.7 Å². The van der Waals surface area contributed by atoms with E-state index in [1.54, 1.807) is 0 Å². The molecule has 1 N–H and O–H groups in total. The molecule has 0 saturated carbocycles. The second kappa shape index (κ2) is 9.02. The van der Waals surface area contributed by atoms with Gasteiger partial charge in [-0.05, 0) is 62.7 Å². The van der Waals surface area contributed by atoms with Crippen molar-refractivity contribution in [3.8, 4) is 11.5 Å². The molecule has 25 heavy (non-hydrogen) atoms. The maximum Gasteiger partial charge on any atom is 0.127 e. The van der Waals surface area contributed by atoms with Crippen molar-refractivity contribution < 1.29 is 4.74 Å². The summed E-state index contributed by atoms with van der Waals surface area (Å²) < 4.78 is 5.91. The lowest BCUT2D eigenvalue weighted by Crippen LogP contribution is -2.45. The Morgan fingerprint density at radius 3 is 2.48 bits per heavy atom. The molecule has 0 amide bonds. The highest BCUT2D eigenvalue weighted by Gasteiger charge is 2.21. The third-order valence-corrected chi connectivity index (χ3v) is 4.90. The Bertz CT molecular complexity index is 626. The van der Waals surface area contributed by atoms with Gasteiger partial charge in [0.05, 0.1) is 0 Å². The molecular weight excluding hydrogens is 308 g/mol. The number of hydrogen-bond acceptors (Lipinski definition) is 3. The number of rotatable bonds is 7. The number of para-hydroxylation sites is 1. The van der Waals surface area contributed by atoms with Crippen LogP contribution in [0.5, 0.6) is 11.5 Å². The smallest absolute Gasteiger partial charge is 0.127 e. The molecule has 3 rings (SSSR count). The molecule has 1 saturated heterocycles. The lowest BCUT2D eigenvalue weighted by Gasteiger charge is -2.33. The van der Waals surface area contributed by atoms with Gasteiger partial charge in [-0.15, -0.1) is 0 Å². The Morgan fingerprint density at radius 1 is 1.08 bits per heavy atom. The minimum Gasteiger partial charge on any atom is -0.457 e. The minimum atomic E-state index is 0.423. The molecule has 1 fully saturated rings. The van der Waals surface area contributed by atoms with Crippen molar-refractivity contribution in [3.63, 3.8) is 0 Å². The van der Waals surface area contributed by atoms with Gasteiger partial charge in [-0.3, -0.25) is 0 Å². The van der Waals surface area contributed by atoms with Gasteiger partial charge in [0.25, 0.3) is 0 Å². The first kappa shape index (κ1) is 18.0. The van der Waals surface area contributed by atoms with E-state index in [4.69, 9.17) is 4.74 Å². The zero-order valence-corrected chi connectivity index (χ0v) is 15.4. The van der Waals surface area contributed by atoms with Gasteiger partial charge in [0.15, 0.2) is 0 Å². The maximum atomic E-state index is 5.91. The fraction of sp³-hybridized carbons (Fsp3) is 0.455. The molecule has 3 nitrogen and oxygen atoms in total. The van der Waals surface area contributed by atoms with Gasteiger partial charge in [0.1, 0.15) is 11.5 Å². The molecule has 0 aromatic heterocycles. The van der Waals surface area contributed by atoms with Crippen LogP contribution in [0, 0.1) is 0 Å². The van der Waals surface area contributed by atoms with Crippen molar-refractivity contribution in [1.29, 1.82) is 0 Å². The van der Waals surface area contributed by atoms with Crippen LogP contribution in [-0.4, -0.2) is 31.1 Å². The zero-order valence-electron chi connectivity index (χ0n) is 15.4. The molecule has 134 valence electrons. The molecule has 0 radical (unpaired) electrons. The average Bonchev–Trinajstić information content (AvgIpc) is 2.63. The summed E-state index contributed by atoms with van der Waals surface area (Å²) in [5.74, 6) is 1.77. The Labute approximate surface area is 152 Å². The molecule has 2 aromatic rings. The Hall–Kier alpha value is -1.84. The van der Waals surface area contributed by atoms with Crippen molar-refractivity contribution in [3.05, 3.63) is 60.2 Å². The molecule has 1 aliphatic rings. The quantitative estimate of drug-likeness (QED) is 0.768. The number of benzene rings is 2. The number of hydrogen-bond donors (Lipinski definition) is 1. The Morgan fingerprint density at radius 2 is 1.80 bits per heavy atom. The monoisotopic (exact) mass is 338 g/mol. The molecule has 0 spiro atoms. The first-order chi connectivity index (χ1) is 12.2. The predicted octanol–water partition coefficient (Wildman–Crippen LogP) is 5.00. The first-order valence-corrected chi connectivity index (χ1v) is 9.52. The molecule has 2 unspecified atom stereocenters. The normalized spacial score (nSPS) is 19.5. The summed E-state index contributed by atoms with van der Waals surface area (Å²) in [5, 5.41) is 3.89. The minimum absolute atomic E-state index is 0.423. The summed E-state index contributed by atoms with van der Waals surface area (Å²) in [5.41, 5.74) is 1.36. The van der Waals surface area contributed by atoms with Crippen molar-refractivity contribution >= 4 is 0 Å². The SMILES string of the molecule is CCCC(NC1CCCN(C)C1)c1ccc(Oc2ccccc2)cc1. The van der Waals surface area contributed by atoms with Gasteiger partial charge in [0, 0.05) is 18.6 Å². The van der Waals surface area contributed by atoms with Gasteiger partial charge in [-0.1, -0.05) is 43.7 Å². The lowest BCUT2D eigenvalue weighted by molar-refractivity contribution is 0.214. The molecule has 2 atom stereocenters. The van der Waals surface area contributed by atoms with Crippen LogP contribution in [-0.2, 0) is 0 Å². The Kier molecular flexibility index (Phi) is 6.48. The van der Waals surface area contributed by atoms with E-state index in [0.29, 0.717) is 12.1 Å². The van der Waals surface area contributed by atoms with Crippen LogP contribution in [0.4, 0.5) is 0 Å². The zero-order chi connectivity index (χ0) is 17.5. The third-order valence-electron chi connectivity index (χ3n) is 4.90. The number of nitrogens with one attached hydrogen (secondary N) is 1. The van der Waals surface area contributed by atoms with E-state index in [-0.39, 0.29) is 0 Å².